The second kappa shape index (κ2) is 15.4. The Balaban J connectivity index is 2.85. The molecule has 0 aliphatic rings. The SMILES string of the molecule is CC(C)[C@H](NC(=O)[C@H](N)CCCN=C(N)N)C(=O)N[C@H](C(=O)N[C@@H](Cc1ccccc1)C(=O)O)[C@@H](C)O. The summed E-state index contributed by atoms with van der Waals surface area (Å²) >= 11 is 0. The number of nitrogens with zero attached hydrogens (tertiary/aromatic N) is 1. The lowest BCUT2D eigenvalue weighted by molar-refractivity contribution is -0.143. The van der Waals surface area contributed by atoms with Gasteiger partial charge < -0.3 is 43.4 Å². The van der Waals surface area contributed by atoms with E-state index in [2.05, 4.69) is 20.9 Å². The van der Waals surface area contributed by atoms with Gasteiger partial charge in [0.05, 0.1) is 12.1 Å². The third kappa shape index (κ3) is 11.3. The molecule has 1 rings (SSSR count). The molecule has 0 spiro atoms. The van der Waals surface area contributed by atoms with Crippen LogP contribution in [0, 0.1) is 5.92 Å². The first-order valence-electron chi connectivity index (χ1n) is 12.0. The number of aliphatic imine (C=N–C) groups is 1. The zero-order valence-corrected chi connectivity index (χ0v) is 21.4. The van der Waals surface area contributed by atoms with E-state index < -0.39 is 54.0 Å². The Morgan fingerprint density at radius 3 is 2.00 bits per heavy atom. The fourth-order valence-electron chi connectivity index (χ4n) is 3.41. The number of benzene rings is 1. The van der Waals surface area contributed by atoms with Crippen molar-refractivity contribution in [3.8, 4) is 0 Å². The normalized spacial score (nSPS) is 15.0. The maximum Gasteiger partial charge on any atom is 0.326 e. The Kier molecular flexibility index (Phi) is 13.0. The number of rotatable bonds is 15. The van der Waals surface area contributed by atoms with E-state index in [4.69, 9.17) is 17.2 Å². The zero-order chi connectivity index (χ0) is 28.1. The Hall–Kier alpha value is -3.71. The van der Waals surface area contributed by atoms with Gasteiger partial charge in [0, 0.05) is 13.0 Å². The number of carboxylic acids is 1. The van der Waals surface area contributed by atoms with Gasteiger partial charge in [-0.3, -0.25) is 19.4 Å². The number of nitrogens with two attached hydrogens (primary N) is 3. The highest BCUT2D eigenvalue weighted by Crippen LogP contribution is 2.07. The number of aliphatic carboxylic acids is 1. The number of aliphatic hydroxyl groups is 1. The number of aliphatic hydroxyl groups excluding tert-OH is 1. The van der Waals surface area contributed by atoms with Crippen molar-refractivity contribution in [1.82, 2.24) is 16.0 Å². The fourth-order valence-corrected chi connectivity index (χ4v) is 3.41. The molecule has 1 aromatic rings. The van der Waals surface area contributed by atoms with E-state index in [1.54, 1.807) is 44.2 Å². The van der Waals surface area contributed by atoms with Gasteiger partial charge >= 0.3 is 5.97 Å². The van der Waals surface area contributed by atoms with Crippen LogP contribution in [0.4, 0.5) is 0 Å². The number of carboxylic acid groups (broad SMARTS) is 1. The maximum absolute atomic E-state index is 13.0. The molecule has 0 heterocycles. The molecule has 13 heteroatoms. The third-order valence-electron chi connectivity index (χ3n) is 5.51. The van der Waals surface area contributed by atoms with E-state index in [9.17, 15) is 29.4 Å². The number of nitrogens with one attached hydrogen (secondary N) is 3. The number of amides is 3. The third-order valence-corrected chi connectivity index (χ3v) is 5.51. The minimum atomic E-state index is -1.46. The van der Waals surface area contributed by atoms with Gasteiger partial charge in [0.2, 0.25) is 17.7 Å². The van der Waals surface area contributed by atoms with Crippen LogP contribution in [0.1, 0.15) is 39.2 Å². The summed E-state index contributed by atoms with van der Waals surface area (Å²) in [5, 5.41) is 27.1. The molecule has 37 heavy (non-hydrogen) atoms. The molecule has 0 unspecified atom stereocenters. The van der Waals surface area contributed by atoms with Crippen LogP contribution in [0.15, 0.2) is 35.3 Å². The topological polar surface area (TPSA) is 235 Å². The Morgan fingerprint density at radius 1 is 0.919 bits per heavy atom. The summed E-state index contributed by atoms with van der Waals surface area (Å²) in [4.78, 5) is 53.9. The molecule has 0 aliphatic heterocycles. The van der Waals surface area contributed by atoms with E-state index in [1.807, 2.05) is 0 Å². The number of guanidine groups is 1. The smallest absolute Gasteiger partial charge is 0.326 e. The van der Waals surface area contributed by atoms with Crippen LogP contribution in [0.25, 0.3) is 0 Å². The van der Waals surface area contributed by atoms with Gasteiger partial charge in [-0.25, -0.2) is 4.79 Å². The lowest BCUT2D eigenvalue weighted by Crippen LogP contribution is -2.61. The largest absolute Gasteiger partial charge is 0.480 e. The van der Waals surface area contributed by atoms with E-state index >= 15 is 0 Å². The fraction of sp³-hybridized carbons (Fsp3) is 0.542. The number of carbonyl (C=O) groups is 4. The Labute approximate surface area is 216 Å². The van der Waals surface area contributed by atoms with Crippen LogP contribution in [0.2, 0.25) is 0 Å². The van der Waals surface area contributed by atoms with Crippen LogP contribution in [0.3, 0.4) is 0 Å². The molecule has 0 saturated carbocycles. The standard InChI is InChI=1S/C24H39N7O6/c1-13(2)18(30-20(33)16(25)10-7-11-28-24(26)27)21(34)31-19(14(3)32)22(35)29-17(23(36)37)12-15-8-5-4-6-9-15/h4-6,8-9,13-14,16-19,32H,7,10-12,25H2,1-3H3,(H,29,35)(H,30,33)(H,31,34)(H,36,37)(H4,26,27,28)/t14-,16-,17+,18+,19+/m1/s1. The molecular formula is C24H39N7O6. The summed E-state index contributed by atoms with van der Waals surface area (Å²) in [5.74, 6) is -3.91. The van der Waals surface area contributed by atoms with Crippen molar-refractivity contribution in [1.29, 1.82) is 0 Å². The van der Waals surface area contributed by atoms with Gasteiger partial charge in [0.1, 0.15) is 18.1 Å². The Morgan fingerprint density at radius 2 is 1.49 bits per heavy atom. The molecular weight excluding hydrogens is 482 g/mol. The molecule has 1 aromatic carbocycles. The Bertz CT molecular complexity index is 935. The minimum Gasteiger partial charge on any atom is -0.480 e. The van der Waals surface area contributed by atoms with E-state index in [0.29, 0.717) is 18.5 Å². The van der Waals surface area contributed by atoms with Crippen molar-refractivity contribution in [2.75, 3.05) is 6.54 Å². The highest BCUT2D eigenvalue weighted by molar-refractivity contribution is 5.94. The van der Waals surface area contributed by atoms with Crippen molar-refractivity contribution in [2.24, 2.45) is 28.1 Å². The van der Waals surface area contributed by atoms with Crippen molar-refractivity contribution >= 4 is 29.7 Å². The number of carbonyl (C=O) groups excluding carboxylic acids is 3. The number of hydrogen-bond acceptors (Lipinski definition) is 7. The van der Waals surface area contributed by atoms with Gasteiger partial charge in [0.25, 0.3) is 0 Å². The highest BCUT2D eigenvalue weighted by atomic mass is 16.4. The number of hydrogen-bond donors (Lipinski definition) is 8. The van der Waals surface area contributed by atoms with Crippen LogP contribution in [0.5, 0.6) is 0 Å². The first kappa shape index (κ1) is 31.3. The van der Waals surface area contributed by atoms with Gasteiger partial charge in [-0.15, -0.1) is 0 Å². The average molecular weight is 522 g/mol. The molecule has 11 N–H and O–H groups in total. The predicted molar refractivity (Wildman–Crippen MR) is 138 cm³/mol. The van der Waals surface area contributed by atoms with E-state index in [1.165, 1.54) is 6.92 Å². The van der Waals surface area contributed by atoms with Gasteiger partial charge in [-0.2, -0.15) is 0 Å². The molecule has 13 nitrogen and oxygen atoms in total. The average Bonchev–Trinajstić information content (AvgIpc) is 2.82. The summed E-state index contributed by atoms with van der Waals surface area (Å²) in [6.45, 7) is 4.95. The predicted octanol–water partition coefficient (Wildman–Crippen LogP) is -1.81. The summed E-state index contributed by atoms with van der Waals surface area (Å²) in [6.07, 6.45) is -0.625. The minimum absolute atomic E-state index is 0.00807. The van der Waals surface area contributed by atoms with Gasteiger partial charge in [0.15, 0.2) is 5.96 Å². The first-order valence-corrected chi connectivity index (χ1v) is 12.0. The van der Waals surface area contributed by atoms with E-state index in [-0.39, 0.29) is 24.7 Å². The molecule has 0 aliphatic carbocycles. The van der Waals surface area contributed by atoms with Crippen LogP contribution in [-0.2, 0) is 25.6 Å². The van der Waals surface area contributed by atoms with Crippen molar-refractivity contribution in [3.63, 3.8) is 0 Å². The summed E-state index contributed by atoms with van der Waals surface area (Å²) < 4.78 is 0. The molecule has 206 valence electrons. The summed E-state index contributed by atoms with van der Waals surface area (Å²) in [6, 6.07) is 3.96. The van der Waals surface area contributed by atoms with Crippen LogP contribution in [-0.4, -0.2) is 76.7 Å². The lowest BCUT2D eigenvalue weighted by Gasteiger charge is -2.28. The van der Waals surface area contributed by atoms with Crippen LogP contribution >= 0.6 is 0 Å². The van der Waals surface area contributed by atoms with Crippen LogP contribution < -0.4 is 33.2 Å². The van der Waals surface area contributed by atoms with Crippen molar-refractivity contribution in [2.45, 2.75) is 70.3 Å². The summed E-state index contributed by atoms with van der Waals surface area (Å²) in [7, 11) is 0. The van der Waals surface area contributed by atoms with Crippen molar-refractivity contribution < 1.29 is 29.4 Å². The molecule has 0 aromatic heterocycles. The molecule has 3 amide bonds. The van der Waals surface area contributed by atoms with Gasteiger partial charge in [-0.1, -0.05) is 44.2 Å². The molecule has 5 atom stereocenters. The molecule has 0 saturated heterocycles. The molecule has 0 radical (unpaired) electrons. The zero-order valence-electron chi connectivity index (χ0n) is 21.4. The first-order chi connectivity index (χ1) is 17.3. The summed E-state index contributed by atoms with van der Waals surface area (Å²) in [5.41, 5.74) is 17.1. The second-order valence-electron chi connectivity index (χ2n) is 9.10. The van der Waals surface area contributed by atoms with E-state index in [0.717, 1.165) is 0 Å². The maximum atomic E-state index is 13.0. The second-order valence-corrected chi connectivity index (χ2v) is 9.10. The monoisotopic (exact) mass is 521 g/mol. The molecule has 0 bridgehead atoms. The highest BCUT2D eigenvalue weighted by Gasteiger charge is 2.33. The quantitative estimate of drug-likeness (QED) is 0.0736. The lowest BCUT2D eigenvalue weighted by atomic mass is 10.0. The molecule has 0 fully saturated rings. The van der Waals surface area contributed by atoms with Gasteiger partial charge in [-0.05, 0) is 31.2 Å². The van der Waals surface area contributed by atoms with Crippen molar-refractivity contribution in [3.05, 3.63) is 35.9 Å².